The van der Waals surface area contributed by atoms with Gasteiger partial charge < -0.3 is 14.6 Å². The number of aromatic nitrogens is 1. The fraction of sp³-hybridized carbons (Fsp3) is 0.167. The predicted octanol–water partition coefficient (Wildman–Crippen LogP) is 5.61. The van der Waals surface area contributed by atoms with Crippen molar-refractivity contribution in [3.05, 3.63) is 81.6 Å². The predicted molar refractivity (Wildman–Crippen MR) is 120 cm³/mol. The molecule has 0 aliphatic carbocycles. The molecule has 0 spiro atoms. The lowest BCUT2D eigenvalue weighted by molar-refractivity contribution is -0.112. The molecular formula is C24H22ClN3O2. The highest BCUT2D eigenvalue weighted by Gasteiger charge is 2.15. The summed E-state index contributed by atoms with van der Waals surface area (Å²) < 4.78 is 7.19. The molecule has 30 heavy (non-hydrogen) atoms. The first-order valence-corrected chi connectivity index (χ1v) is 9.74. The van der Waals surface area contributed by atoms with E-state index in [9.17, 15) is 10.1 Å². The SMILES string of the molecule is COc1ccc(NC(=O)/C(C#N)=C\c2cc(C)n(-c3cc(Cl)ccc3C)c2C)cc1. The average molecular weight is 420 g/mol. The number of hydrogen-bond donors (Lipinski definition) is 1. The number of carbonyl (C=O) groups is 1. The van der Waals surface area contributed by atoms with Crippen LogP contribution in [-0.2, 0) is 4.79 Å². The van der Waals surface area contributed by atoms with Gasteiger partial charge in [0.25, 0.3) is 5.91 Å². The van der Waals surface area contributed by atoms with Crippen molar-refractivity contribution in [2.75, 3.05) is 12.4 Å². The van der Waals surface area contributed by atoms with Crippen LogP contribution in [0.1, 0.15) is 22.5 Å². The quantitative estimate of drug-likeness (QED) is 0.431. The smallest absolute Gasteiger partial charge is 0.266 e. The molecule has 1 heterocycles. The third kappa shape index (κ3) is 4.40. The van der Waals surface area contributed by atoms with Gasteiger partial charge in [0.15, 0.2) is 0 Å². The molecule has 0 aliphatic rings. The van der Waals surface area contributed by atoms with Gasteiger partial charge >= 0.3 is 0 Å². The second-order valence-corrected chi connectivity index (χ2v) is 7.38. The summed E-state index contributed by atoms with van der Waals surface area (Å²) >= 11 is 6.19. The number of amides is 1. The molecule has 6 heteroatoms. The van der Waals surface area contributed by atoms with Crippen molar-refractivity contribution >= 4 is 29.3 Å². The molecule has 152 valence electrons. The Morgan fingerprint density at radius 2 is 1.83 bits per heavy atom. The van der Waals surface area contributed by atoms with Crippen LogP contribution in [0.2, 0.25) is 5.02 Å². The van der Waals surface area contributed by atoms with Crippen molar-refractivity contribution in [2.24, 2.45) is 0 Å². The Morgan fingerprint density at radius 1 is 1.13 bits per heavy atom. The number of nitrogens with one attached hydrogen (secondary N) is 1. The Morgan fingerprint density at radius 3 is 2.47 bits per heavy atom. The first-order chi connectivity index (χ1) is 14.3. The molecule has 0 fully saturated rings. The highest BCUT2D eigenvalue weighted by atomic mass is 35.5. The largest absolute Gasteiger partial charge is 0.497 e. The molecule has 0 aliphatic heterocycles. The third-order valence-corrected chi connectivity index (χ3v) is 5.13. The second-order valence-electron chi connectivity index (χ2n) is 6.95. The first-order valence-electron chi connectivity index (χ1n) is 9.36. The van der Waals surface area contributed by atoms with E-state index >= 15 is 0 Å². The minimum Gasteiger partial charge on any atom is -0.497 e. The Balaban J connectivity index is 1.93. The van der Waals surface area contributed by atoms with Crippen molar-refractivity contribution in [1.82, 2.24) is 4.57 Å². The van der Waals surface area contributed by atoms with E-state index < -0.39 is 5.91 Å². The van der Waals surface area contributed by atoms with Crippen LogP contribution in [-0.4, -0.2) is 17.6 Å². The number of carbonyl (C=O) groups excluding carboxylic acids is 1. The molecule has 0 saturated heterocycles. The standard InChI is InChI=1S/C24H22ClN3O2/c1-15-5-6-20(25)13-23(15)28-16(2)11-18(17(28)3)12-19(14-26)24(29)27-21-7-9-22(30-4)10-8-21/h5-13H,1-4H3,(H,27,29)/b19-12-. The van der Waals surface area contributed by atoms with Crippen molar-refractivity contribution in [2.45, 2.75) is 20.8 Å². The number of ether oxygens (including phenoxy) is 1. The summed E-state index contributed by atoms with van der Waals surface area (Å²) in [4.78, 5) is 12.6. The molecular weight excluding hydrogens is 398 g/mol. The number of anilines is 1. The number of hydrogen-bond acceptors (Lipinski definition) is 3. The summed E-state index contributed by atoms with van der Waals surface area (Å²) in [6.45, 7) is 5.95. The van der Waals surface area contributed by atoms with Gasteiger partial charge in [0, 0.05) is 27.8 Å². The number of methoxy groups -OCH3 is 1. The van der Waals surface area contributed by atoms with Crippen LogP contribution in [0.5, 0.6) is 5.75 Å². The zero-order chi connectivity index (χ0) is 21.8. The van der Waals surface area contributed by atoms with E-state index in [4.69, 9.17) is 16.3 Å². The number of halogens is 1. The minimum atomic E-state index is -0.466. The van der Waals surface area contributed by atoms with Crippen LogP contribution in [0.4, 0.5) is 5.69 Å². The van der Waals surface area contributed by atoms with Gasteiger partial charge in [0.1, 0.15) is 17.4 Å². The van der Waals surface area contributed by atoms with Gasteiger partial charge in [0.2, 0.25) is 0 Å². The van der Waals surface area contributed by atoms with E-state index in [2.05, 4.69) is 9.88 Å². The fourth-order valence-corrected chi connectivity index (χ4v) is 3.47. The third-order valence-electron chi connectivity index (χ3n) is 4.90. The number of aryl methyl sites for hydroxylation is 2. The number of nitriles is 1. The van der Waals surface area contributed by atoms with Gasteiger partial charge in [0.05, 0.1) is 7.11 Å². The molecule has 0 atom stereocenters. The molecule has 3 aromatic rings. The van der Waals surface area contributed by atoms with Crippen LogP contribution in [0, 0.1) is 32.1 Å². The van der Waals surface area contributed by atoms with E-state index in [-0.39, 0.29) is 5.57 Å². The lowest BCUT2D eigenvalue weighted by Crippen LogP contribution is -2.13. The molecule has 0 radical (unpaired) electrons. The molecule has 1 N–H and O–H groups in total. The van der Waals surface area contributed by atoms with E-state index in [1.165, 1.54) is 0 Å². The number of rotatable bonds is 5. The molecule has 1 amide bonds. The van der Waals surface area contributed by atoms with Gasteiger partial charge in [-0.05, 0) is 80.4 Å². The highest BCUT2D eigenvalue weighted by molar-refractivity contribution is 6.30. The average Bonchev–Trinajstić information content (AvgIpc) is 3.01. The Kier molecular flexibility index (Phi) is 6.29. The van der Waals surface area contributed by atoms with Crippen molar-refractivity contribution in [3.8, 4) is 17.5 Å². The highest BCUT2D eigenvalue weighted by Crippen LogP contribution is 2.27. The summed E-state index contributed by atoms with van der Waals surface area (Å²) in [7, 11) is 1.57. The van der Waals surface area contributed by atoms with Gasteiger partial charge in [-0.25, -0.2) is 0 Å². The van der Waals surface area contributed by atoms with Crippen molar-refractivity contribution < 1.29 is 9.53 Å². The zero-order valence-corrected chi connectivity index (χ0v) is 18.0. The molecule has 0 unspecified atom stereocenters. The maximum atomic E-state index is 12.6. The molecule has 0 bridgehead atoms. The number of benzene rings is 2. The van der Waals surface area contributed by atoms with E-state index in [1.807, 2.05) is 51.1 Å². The summed E-state index contributed by atoms with van der Waals surface area (Å²) in [6, 6.07) is 16.6. The first kappa shape index (κ1) is 21.2. The maximum Gasteiger partial charge on any atom is 0.266 e. The monoisotopic (exact) mass is 419 g/mol. The maximum absolute atomic E-state index is 12.6. The van der Waals surface area contributed by atoms with Gasteiger partial charge in [-0.1, -0.05) is 17.7 Å². The zero-order valence-electron chi connectivity index (χ0n) is 17.3. The summed E-state index contributed by atoms with van der Waals surface area (Å²) in [5.74, 6) is 0.221. The minimum absolute atomic E-state index is 0.0221. The topological polar surface area (TPSA) is 67.0 Å². The molecule has 1 aromatic heterocycles. The van der Waals surface area contributed by atoms with Gasteiger partial charge in [-0.15, -0.1) is 0 Å². The molecule has 3 rings (SSSR count). The summed E-state index contributed by atoms with van der Waals surface area (Å²) in [5.41, 5.74) is 5.36. The molecule has 5 nitrogen and oxygen atoms in total. The Bertz CT molecular complexity index is 1170. The summed E-state index contributed by atoms with van der Waals surface area (Å²) in [6.07, 6.45) is 1.61. The van der Waals surface area contributed by atoms with Crippen molar-refractivity contribution in [1.29, 1.82) is 5.26 Å². The lowest BCUT2D eigenvalue weighted by atomic mass is 10.1. The molecule has 0 saturated carbocycles. The van der Waals surface area contributed by atoms with Crippen LogP contribution in [0.3, 0.4) is 0 Å². The normalized spacial score (nSPS) is 11.1. The van der Waals surface area contributed by atoms with Gasteiger partial charge in [-0.2, -0.15) is 5.26 Å². The van der Waals surface area contributed by atoms with E-state index in [0.717, 1.165) is 28.2 Å². The van der Waals surface area contributed by atoms with Crippen LogP contribution >= 0.6 is 11.6 Å². The van der Waals surface area contributed by atoms with Gasteiger partial charge in [-0.3, -0.25) is 4.79 Å². The summed E-state index contributed by atoms with van der Waals surface area (Å²) in [5, 5.41) is 13.0. The van der Waals surface area contributed by atoms with Crippen molar-refractivity contribution in [3.63, 3.8) is 0 Å². The molecule has 2 aromatic carbocycles. The second kappa shape index (κ2) is 8.89. The van der Waals surface area contributed by atoms with E-state index in [1.54, 1.807) is 37.5 Å². The Hall–Kier alpha value is -3.49. The van der Waals surface area contributed by atoms with Crippen LogP contribution in [0.25, 0.3) is 11.8 Å². The van der Waals surface area contributed by atoms with E-state index in [0.29, 0.717) is 16.5 Å². The van der Waals surface area contributed by atoms with Crippen LogP contribution in [0.15, 0.2) is 54.1 Å². The fourth-order valence-electron chi connectivity index (χ4n) is 3.30. The number of nitrogens with zero attached hydrogens (tertiary/aromatic N) is 2. The van der Waals surface area contributed by atoms with Crippen LogP contribution < -0.4 is 10.1 Å². The lowest BCUT2D eigenvalue weighted by Gasteiger charge is -2.13. The Labute approximate surface area is 181 Å².